The Labute approximate surface area is 214 Å². The smallest absolute Gasteiger partial charge is 0.234 e. The number of aryl methyl sites for hydroxylation is 1. The van der Waals surface area contributed by atoms with Gasteiger partial charge in [-0.3, -0.25) is 4.79 Å². The van der Waals surface area contributed by atoms with Crippen molar-refractivity contribution in [1.82, 2.24) is 14.8 Å². The minimum absolute atomic E-state index is 0.126. The maximum Gasteiger partial charge on any atom is 0.234 e. The molecule has 1 aromatic heterocycles. The molecule has 0 saturated carbocycles. The van der Waals surface area contributed by atoms with E-state index in [2.05, 4.69) is 15.5 Å². The molecule has 0 aliphatic carbocycles. The largest absolute Gasteiger partial charge is 0.492 e. The van der Waals surface area contributed by atoms with E-state index < -0.39 is 0 Å². The topological polar surface area (TPSA) is 69.0 Å². The molecule has 0 radical (unpaired) electrons. The van der Waals surface area contributed by atoms with Crippen molar-refractivity contribution in [3.05, 3.63) is 61.3 Å². The summed E-state index contributed by atoms with van der Waals surface area (Å²) >= 11 is 31.2. The van der Waals surface area contributed by atoms with Crippen LogP contribution >= 0.6 is 69.8 Å². The Bertz CT molecular complexity index is 1130. The number of carbonyl (C=O) groups is 1. The molecule has 0 unspecified atom stereocenters. The van der Waals surface area contributed by atoms with Gasteiger partial charge < -0.3 is 14.6 Å². The zero-order valence-corrected chi connectivity index (χ0v) is 21.3. The van der Waals surface area contributed by atoms with Crippen LogP contribution in [0.3, 0.4) is 0 Å². The average Bonchev–Trinajstić information content (AvgIpc) is 3.08. The standard InChI is InChI=1S/C20H17Cl5N4O2S/c1-29-18(3-2-6-31-17-5-4-11(21)7-15(17)25)27-28-20(29)32-10-19(30)26-16-9-13(23)12(22)8-14(16)24/h4-5,7-9H,2-3,6,10H2,1H3,(H,26,30). The number of aromatic nitrogens is 3. The fourth-order valence-electron chi connectivity index (χ4n) is 2.63. The first kappa shape index (κ1) is 25.3. The van der Waals surface area contributed by atoms with Gasteiger partial charge in [-0.1, -0.05) is 69.8 Å². The van der Waals surface area contributed by atoms with Gasteiger partial charge in [0.2, 0.25) is 5.91 Å². The van der Waals surface area contributed by atoms with E-state index in [4.69, 9.17) is 62.7 Å². The number of carbonyl (C=O) groups excluding carboxylic acids is 1. The van der Waals surface area contributed by atoms with Gasteiger partial charge in [0.1, 0.15) is 11.6 Å². The van der Waals surface area contributed by atoms with Gasteiger partial charge in [0, 0.05) is 18.5 Å². The molecule has 0 saturated heterocycles. The predicted octanol–water partition coefficient (Wildman–Crippen LogP) is 6.82. The van der Waals surface area contributed by atoms with Crippen molar-refractivity contribution in [1.29, 1.82) is 0 Å². The number of benzene rings is 2. The lowest BCUT2D eigenvalue weighted by atomic mass is 10.3. The maximum absolute atomic E-state index is 12.3. The average molecular weight is 555 g/mol. The summed E-state index contributed by atoms with van der Waals surface area (Å²) in [7, 11) is 1.85. The van der Waals surface area contributed by atoms with Gasteiger partial charge in [-0.05, 0) is 36.8 Å². The number of thioether (sulfide) groups is 1. The molecule has 0 bridgehead atoms. The zero-order valence-electron chi connectivity index (χ0n) is 16.7. The molecule has 3 aromatic rings. The third kappa shape index (κ3) is 6.83. The molecule has 0 spiro atoms. The molecule has 0 aliphatic rings. The van der Waals surface area contributed by atoms with E-state index in [9.17, 15) is 4.79 Å². The molecular formula is C20H17Cl5N4O2S. The molecule has 170 valence electrons. The highest BCUT2D eigenvalue weighted by molar-refractivity contribution is 7.99. The molecular weight excluding hydrogens is 538 g/mol. The molecule has 1 amide bonds. The van der Waals surface area contributed by atoms with Gasteiger partial charge in [-0.15, -0.1) is 10.2 Å². The van der Waals surface area contributed by atoms with Crippen LogP contribution in [-0.2, 0) is 18.3 Å². The minimum atomic E-state index is -0.256. The molecule has 2 aromatic carbocycles. The van der Waals surface area contributed by atoms with Crippen LogP contribution in [0, 0.1) is 0 Å². The van der Waals surface area contributed by atoms with Crippen molar-refractivity contribution in [2.75, 3.05) is 17.7 Å². The number of ether oxygens (including phenoxy) is 1. The summed E-state index contributed by atoms with van der Waals surface area (Å²) in [6, 6.07) is 8.08. The van der Waals surface area contributed by atoms with E-state index in [0.717, 1.165) is 5.82 Å². The Morgan fingerprint density at radius 2 is 1.78 bits per heavy atom. The molecule has 0 aliphatic heterocycles. The summed E-state index contributed by atoms with van der Waals surface area (Å²) in [5.74, 6) is 1.23. The lowest BCUT2D eigenvalue weighted by molar-refractivity contribution is -0.113. The molecule has 1 heterocycles. The highest BCUT2D eigenvalue weighted by atomic mass is 35.5. The summed E-state index contributed by atoms with van der Waals surface area (Å²) in [6.07, 6.45) is 1.37. The first-order valence-electron chi connectivity index (χ1n) is 9.28. The van der Waals surface area contributed by atoms with E-state index in [-0.39, 0.29) is 11.7 Å². The number of hydrogen-bond acceptors (Lipinski definition) is 5. The second-order valence-corrected chi connectivity index (χ2v) is 9.58. The van der Waals surface area contributed by atoms with E-state index >= 15 is 0 Å². The van der Waals surface area contributed by atoms with Crippen LogP contribution in [0.2, 0.25) is 25.1 Å². The molecule has 0 atom stereocenters. The van der Waals surface area contributed by atoms with Crippen molar-refractivity contribution in [2.24, 2.45) is 7.05 Å². The SMILES string of the molecule is Cn1c(CCCOc2ccc(Cl)cc2Cl)nnc1SCC(=O)Nc1cc(Cl)c(Cl)cc1Cl. The van der Waals surface area contributed by atoms with Gasteiger partial charge >= 0.3 is 0 Å². The van der Waals surface area contributed by atoms with Crippen molar-refractivity contribution in [3.63, 3.8) is 0 Å². The van der Waals surface area contributed by atoms with Crippen molar-refractivity contribution >= 4 is 81.4 Å². The Hall–Kier alpha value is -1.35. The first-order valence-corrected chi connectivity index (χ1v) is 12.2. The Morgan fingerprint density at radius 1 is 1.03 bits per heavy atom. The minimum Gasteiger partial charge on any atom is -0.492 e. The lowest BCUT2D eigenvalue weighted by Crippen LogP contribution is -2.15. The number of nitrogens with one attached hydrogen (secondary N) is 1. The van der Waals surface area contributed by atoms with E-state index in [1.54, 1.807) is 18.2 Å². The summed E-state index contributed by atoms with van der Waals surface area (Å²) < 4.78 is 7.53. The third-order valence-corrected chi connectivity index (χ3v) is 6.82. The van der Waals surface area contributed by atoms with E-state index in [0.29, 0.717) is 61.2 Å². The van der Waals surface area contributed by atoms with E-state index in [1.165, 1.54) is 23.9 Å². The van der Waals surface area contributed by atoms with Crippen LogP contribution < -0.4 is 10.1 Å². The number of hydrogen-bond donors (Lipinski definition) is 1. The Kier molecular flexibility index (Phi) is 9.22. The predicted molar refractivity (Wildman–Crippen MR) is 132 cm³/mol. The molecule has 3 rings (SSSR count). The summed E-state index contributed by atoms with van der Waals surface area (Å²) in [5, 5.41) is 13.6. The van der Waals surface area contributed by atoms with Crippen LogP contribution in [0.4, 0.5) is 5.69 Å². The van der Waals surface area contributed by atoms with Crippen LogP contribution in [-0.4, -0.2) is 33.0 Å². The molecule has 12 heteroatoms. The van der Waals surface area contributed by atoms with Crippen LogP contribution in [0.1, 0.15) is 12.2 Å². The van der Waals surface area contributed by atoms with Crippen LogP contribution in [0.5, 0.6) is 5.75 Å². The van der Waals surface area contributed by atoms with Gasteiger partial charge in [0.25, 0.3) is 0 Å². The summed E-state index contributed by atoms with van der Waals surface area (Å²) in [6.45, 7) is 0.462. The normalized spacial score (nSPS) is 10.9. The van der Waals surface area contributed by atoms with Gasteiger partial charge in [0.15, 0.2) is 5.16 Å². The maximum atomic E-state index is 12.3. The molecule has 1 N–H and O–H groups in total. The summed E-state index contributed by atoms with van der Waals surface area (Å²) in [5.41, 5.74) is 0.395. The number of amides is 1. The fourth-order valence-corrected chi connectivity index (χ4v) is 4.41. The van der Waals surface area contributed by atoms with Crippen molar-refractivity contribution < 1.29 is 9.53 Å². The molecule has 0 fully saturated rings. The van der Waals surface area contributed by atoms with E-state index in [1.807, 2.05) is 11.6 Å². The highest BCUT2D eigenvalue weighted by Gasteiger charge is 2.14. The second kappa shape index (κ2) is 11.7. The highest BCUT2D eigenvalue weighted by Crippen LogP contribution is 2.32. The lowest BCUT2D eigenvalue weighted by Gasteiger charge is -2.09. The van der Waals surface area contributed by atoms with Crippen LogP contribution in [0.15, 0.2) is 35.5 Å². The van der Waals surface area contributed by atoms with Gasteiger partial charge in [-0.2, -0.15) is 0 Å². The number of halogens is 5. The van der Waals surface area contributed by atoms with Gasteiger partial charge in [0.05, 0.1) is 38.1 Å². The monoisotopic (exact) mass is 552 g/mol. The summed E-state index contributed by atoms with van der Waals surface area (Å²) in [4.78, 5) is 12.3. The number of rotatable bonds is 9. The van der Waals surface area contributed by atoms with Crippen molar-refractivity contribution in [2.45, 2.75) is 18.0 Å². The van der Waals surface area contributed by atoms with Crippen molar-refractivity contribution in [3.8, 4) is 5.75 Å². The molecule has 32 heavy (non-hydrogen) atoms. The molecule has 6 nitrogen and oxygen atoms in total. The first-order chi connectivity index (χ1) is 15.2. The van der Waals surface area contributed by atoms with Gasteiger partial charge in [-0.25, -0.2) is 0 Å². The Balaban J connectivity index is 1.47. The third-order valence-electron chi connectivity index (χ3n) is 4.24. The quantitative estimate of drug-likeness (QED) is 0.179. The Morgan fingerprint density at radius 3 is 2.53 bits per heavy atom. The fraction of sp³-hybridized carbons (Fsp3) is 0.250. The zero-order chi connectivity index (χ0) is 23.3. The number of nitrogens with zero attached hydrogens (tertiary/aromatic N) is 3. The number of anilines is 1. The van der Waals surface area contributed by atoms with Crippen LogP contribution in [0.25, 0.3) is 0 Å². The second-order valence-electron chi connectivity index (χ2n) is 6.57.